The standard InChI is InChI=1S/C22H27ClN2O4S/c1-16(2)13-17-3-5-18(6-4-17)14-22(26)24-19-7-8-20(23)21(15-19)30(27,28)25-9-11-29-12-10-25/h3-8,15-16H,9-14H2,1-2H3,(H,24,26). The number of amides is 1. The van der Waals surface area contributed by atoms with Crippen LogP contribution in [0.1, 0.15) is 25.0 Å². The van der Waals surface area contributed by atoms with Crippen molar-refractivity contribution in [3.63, 3.8) is 0 Å². The van der Waals surface area contributed by atoms with Gasteiger partial charge in [0.05, 0.1) is 24.7 Å². The van der Waals surface area contributed by atoms with Gasteiger partial charge < -0.3 is 10.1 Å². The molecule has 0 aliphatic carbocycles. The molecule has 1 N–H and O–H groups in total. The summed E-state index contributed by atoms with van der Waals surface area (Å²) in [6.07, 6.45) is 1.20. The van der Waals surface area contributed by atoms with Gasteiger partial charge in [0.25, 0.3) is 0 Å². The zero-order chi connectivity index (χ0) is 21.7. The van der Waals surface area contributed by atoms with Crippen molar-refractivity contribution in [2.45, 2.75) is 31.6 Å². The van der Waals surface area contributed by atoms with Gasteiger partial charge in [0.15, 0.2) is 0 Å². The van der Waals surface area contributed by atoms with Crippen molar-refractivity contribution < 1.29 is 17.9 Å². The minimum absolute atomic E-state index is 0.0121. The van der Waals surface area contributed by atoms with E-state index in [4.69, 9.17) is 16.3 Å². The van der Waals surface area contributed by atoms with E-state index in [2.05, 4.69) is 19.2 Å². The summed E-state index contributed by atoms with van der Waals surface area (Å²) >= 11 is 6.17. The summed E-state index contributed by atoms with van der Waals surface area (Å²) in [5, 5.41) is 2.90. The fraction of sp³-hybridized carbons (Fsp3) is 0.409. The number of rotatable bonds is 7. The molecule has 2 aromatic rings. The number of nitrogens with one attached hydrogen (secondary N) is 1. The molecule has 0 aromatic heterocycles. The van der Waals surface area contributed by atoms with Crippen LogP contribution in [0, 0.1) is 5.92 Å². The third kappa shape index (κ3) is 5.82. The second-order valence-electron chi connectivity index (χ2n) is 7.80. The Morgan fingerprint density at radius 2 is 1.73 bits per heavy atom. The minimum atomic E-state index is -3.75. The maximum atomic E-state index is 12.9. The van der Waals surface area contributed by atoms with Crippen LogP contribution in [0.5, 0.6) is 0 Å². The van der Waals surface area contributed by atoms with Crippen LogP contribution in [0.4, 0.5) is 5.69 Å². The van der Waals surface area contributed by atoms with Gasteiger partial charge in [0, 0.05) is 18.8 Å². The van der Waals surface area contributed by atoms with Gasteiger partial charge in [-0.3, -0.25) is 4.79 Å². The lowest BCUT2D eigenvalue weighted by Crippen LogP contribution is -2.40. The summed E-state index contributed by atoms with van der Waals surface area (Å²) in [5.74, 6) is 0.357. The van der Waals surface area contributed by atoms with Crippen molar-refractivity contribution in [2.24, 2.45) is 5.92 Å². The Labute approximate surface area is 183 Å². The maximum absolute atomic E-state index is 12.9. The lowest BCUT2D eigenvalue weighted by atomic mass is 10.0. The van der Waals surface area contributed by atoms with Gasteiger partial charge in [0.2, 0.25) is 15.9 Å². The van der Waals surface area contributed by atoms with Gasteiger partial charge in [-0.1, -0.05) is 49.7 Å². The van der Waals surface area contributed by atoms with E-state index in [1.54, 1.807) is 6.07 Å². The average molecular weight is 451 g/mol. The molecule has 1 amide bonds. The molecular weight excluding hydrogens is 424 g/mol. The predicted molar refractivity (Wildman–Crippen MR) is 118 cm³/mol. The predicted octanol–water partition coefficient (Wildman–Crippen LogP) is 3.74. The first-order chi connectivity index (χ1) is 14.3. The van der Waals surface area contributed by atoms with Crippen LogP contribution in [-0.4, -0.2) is 44.9 Å². The molecule has 6 nitrogen and oxygen atoms in total. The Morgan fingerprint density at radius 1 is 1.10 bits per heavy atom. The fourth-order valence-corrected chi connectivity index (χ4v) is 5.27. The van der Waals surface area contributed by atoms with E-state index in [1.165, 1.54) is 22.0 Å². The second-order valence-corrected chi connectivity index (χ2v) is 10.1. The molecule has 30 heavy (non-hydrogen) atoms. The lowest BCUT2D eigenvalue weighted by Gasteiger charge is -2.26. The number of benzene rings is 2. The fourth-order valence-electron chi connectivity index (χ4n) is 3.36. The summed E-state index contributed by atoms with van der Waals surface area (Å²) in [6.45, 7) is 5.60. The van der Waals surface area contributed by atoms with Crippen molar-refractivity contribution >= 4 is 33.2 Å². The Balaban J connectivity index is 1.69. The molecule has 8 heteroatoms. The van der Waals surface area contributed by atoms with Gasteiger partial charge >= 0.3 is 0 Å². The molecule has 0 spiro atoms. The Hall–Kier alpha value is -1.93. The Kier molecular flexibility index (Phi) is 7.52. The van der Waals surface area contributed by atoms with Crippen molar-refractivity contribution in [3.8, 4) is 0 Å². The molecule has 1 fully saturated rings. The molecule has 1 saturated heterocycles. The highest BCUT2D eigenvalue weighted by Gasteiger charge is 2.28. The molecule has 1 aliphatic heterocycles. The van der Waals surface area contributed by atoms with Crippen molar-refractivity contribution in [1.82, 2.24) is 4.31 Å². The van der Waals surface area contributed by atoms with E-state index < -0.39 is 10.0 Å². The number of carbonyl (C=O) groups is 1. The SMILES string of the molecule is CC(C)Cc1ccc(CC(=O)Nc2ccc(Cl)c(S(=O)(=O)N3CCOCC3)c2)cc1. The van der Waals surface area contributed by atoms with Crippen LogP contribution in [0.2, 0.25) is 5.02 Å². The van der Waals surface area contributed by atoms with E-state index in [0.29, 0.717) is 24.8 Å². The lowest BCUT2D eigenvalue weighted by molar-refractivity contribution is -0.115. The summed E-state index contributed by atoms with van der Waals surface area (Å²) in [7, 11) is -3.75. The molecule has 1 heterocycles. The van der Waals surface area contributed by atoms with Gasteiger partial charge in [-0.15, -0.1) is 0 Å². The van der Waals surface area contributed by atoms with Crippen LogP contribution in [0.3, 0.4) is 0 Å². The van der Waals surface area contributed by atoms with Gasteiger partial charge in [0.1, 0.15) is 4.90 Å². The molecule has 162 valence electrons. The first kappa shape index (κ1) is 22.7. The number of morpholine rings is 1. The minimum Gasteiger partial charge on any atom is -0.379 e. The zero-order valence-electron chi connectivity index (χ0n) is 17.2. The van der Waals surface area contributed by atoms with E-state index in [-0.39, 0.29) is 35.3 Å². The first-order valence-corrected chi connectivity index (χ1v) is 11.8. The number of hydrogen-bond donors (Lipinski definition) is 1. The third-order valence-electron chi connectivity index (χ3n) is 4.83. The summed E-state index contributed by atoms with van der Waals surface area (Å²) in [4.78, 5) is 12.5. The van der Waals surface area contributed by atoms with Crippen molar-refractivity contribution in [3.05, 3.63) is 58.6 Å². The number of hydrogen-bond acceptors (Lipinski definition) is 4. The van der Waals surface area contributed by atoms with Crippen LogP contribution >= 0.6 is 11.6 Å². The van der Waals surface area contributed by atoms with E-state index in [1.807, 2.05) is 24.3 Å². The highest BCUT2D eigenvalue weighted by molar-refractivity contribution is 7.89. The Bertz CT molecular complexity index is 985. The molecule has 1 aliphatic rings. The monoisotopic (exact) mass is 450 g/mol. The zero-order valence-corrected chi connectivity index (χ0v) is 18.8. The highest BCUT2D eigenvalue weighted by Crippen LogP contribution is 2.28. The van der Waals surface area contributed by atoms with Crippen LogP contribution in [-0.2, 0) is 32.4 Å². The van der Waals surface area contributed by atoms with E-state index in [0.717, 1.165) is 12.0 Å². The quantitative estimate of drug-likeness (QED) is 0.697. The van der Waals surface area contributed by atoms with Gasteiger partial charge in [-0.25, -0.2) is 8.42 Å². The van der Waals surface area contributed by atoms with Crippen molar-refractivity contribution in [2.75, 3.05) is 31.6 Å². The first-order valence-electron chi connectivity index (χ1n) is 10.0. The largest absolute Gasteiger partial charge is 0.379 e. The van der Waals surface area contributed by atoms with Crippen LogP contribution in [0.15, 0.2) is 47.4 Å². The highest BCUT2D eigenvalue weighted by atomic mass is 35.5. The summed E-state index contributed by atoms with van der Waals surface area (Å²) in [6, 6.07) is 12.5. The normalized spacial score (nSPS) is 15.3. The molecule has 0 radical (unpaired) electrons. The summed E-state index contributed by atoms with van der Waals surface area (Å²) in [5.41, 5.74) is 2.53. The molecule has 0 atom stereocenters. The molecule has 0 unspecified atom stereocenters. The average Bonchev–Trinajstić information content (AvgIpc) is 2.71. The summed E-state index contributed by atoms with van der Waals surface area (Å²) < 4.78 is 32.4. The molecule has 0 bridgehead atoms. The topological polar surface area (TPSA) is 75.7 Å². The van der Waals surface area contributed by atoms with Gasteiger partial charge in [-0.2, -0.15) is 4.31 Å². The molecule has 0 saturated carbocycles. The molecule has 2 aromatic carbocycles. The van der Waals surface area contributed by atoms with E-state index in [9.17, 15) is 13.2 Å². The van der Waals surface area contributed by atoms with E-state index >= 15 is 0 Å². The Morgan fingerprint density at radius 3 is 2.37 bits per heavy atom. The smallest absolute Gasteiger partial charge is 0.244 e. The second kappa shape index (κ2) is 9.92. The number of sulfonamides is 1. The van der Waals surface area contributed by atoms with Crippen LogP contribution < -0.4 is 5.32 Å². The molecule has 3 rings (SSSR count). The number of carbonyl (C=O) groups excluding carboxylic acids is 1. The van der Waals surface area contributed by atoms with Gasteiger partial charge in [-0.05, 0) is 41.7 Å². The third-order valence-corrected chi connectivity index (χ3v) is 7.21. The maximum Gasteiger partial charge on any atom is 0.244 e. The molecular formula is C22H27ClN2O4S. The van der Waals surface area contributed by atoms with Crippen LogP contribution in [0.25, 0.3) is 0 Å². The number of ether oxygens (including phenoxy) is 1. The van der Waals surface area contributed by atoms with Crippen molar-refractivity contribution in [1.29, 1.82) is 0 Å². The number of halogens is 1. The number of nitrogens with zero attached hydrogens (tertiary/aromatic N) is 1. The number of anilines is 1.